The third-order valence-corrected chi connectivity index (χ3v) is 6.85. The van der Waals surface area contributed by atoms with Gasteiger partial charge in [-0.1, -0.05) is 25.4 Å². The molecule has 0 aliphatic carbocycles. The molecule has 1 N–H and O–H groups in total. The second kappa shape index (κ2) is 10.1. The average Bonchev–Trinajstić information content (AvgIpc) is 3.14. The van der Waals surface area contributed by atoms with E-state index in [1.165, 1.54) is 27.8 Å². The normalized spacial score (nSPS) is 11.6. The third-order valence-electron chi connectivity index (χ3n) is 3.86. The minimum Gasteiger partial charge on any atom is -0.351 e. The average molecular weight is 461 g/mol. The Bertz CT molecular complexity index is 993. The SMILES string of the molecule is CCCNC(=O)c1csc(CN(CCC)S(=O)(=O)c2ccc(Cl)c([N+](=O)[O-])c2)n1. The summed E-state index contributed by atoms with van der Waals surface area (Å²) in [5.74, 6) is -0.312. The Kier molecular flexibility index (Phi) is 8.08. The highest BCUT2D eigenvalue weighted by Crippen LogP contribution is 2.29. The zero-order chi connectivity index (χ0) is 21.6. The molecular weight excluding hydrogens is 440 g/mol. The number of carbonyl (C=O) groups excluding carboxylic acids is 1. The van der Waals surface area contributed by atoms with Crippen molar-refractivity contribution in [2.24, 2.45) is 0 Å². The van der Waals surface area contributed by atoms with Crippen LogP contribution in [0.25, 0.3) is 0 Å². The first-order valence-electron chi connectivity index (χ1n) is 8.87. The van der Waals surface area contributed by atoms with Gasteiger partial charge in [0, 0.05) is 24.5 Å². The van der Waals surface area contributed by atoms with Crippen molar-refractivity contribution in [1.82, 2.24) is 14.6 Å². The second-order valence-corrected chi connectivity index (χ2v) is 9.38. The topological polar surface area (TPSA) is 123 Å². The van der Waals surface area contributed by atoms with Crippen LogP contribution in [0.2, 0.25) is 5.02 Å². The second-order valence-electron chi connectivity index (χ2n) is 6.09. The van der Waals surface area contributed by atoms with Gasteiger partial charge >= 0.3 is 0 Å². The fourth-order valence-electron chi connectivity index (χ4n) is 2.44. The maximum absolute atomic E-state index is 13.1. The van der Waals surface area contributed by atoms with Crippen LogP contribution in [0.5, 0.6) is 0 Å². The minimum absolute atomic E-state index is 0.0433. The lowest BCUT2D eigenvalue weighted by molar-refractivity contribution is -0.384. The van der Waals surface area contributed by atoms with Crippen molar-refractivity contribution in [3.8, 4) is 0 Å². The summed E-state index contributed by atoms with van der Waals surface area (Å²) in [5, 5.41) is 15.7. The standard InChI is InChI=1S/C17H21ClN4O5S2/c1-3-7-19-17(23)14-11-28-16(20-14)10-21(8-4-2)29(26,27)12-5-6-13(18)15(9-12)22(24)25/h5-6,9,11H,3-4,7-8,10H2,1-2H3,(H,19,23). The first kappa shape index (κ1) is 23.2. The predicted octanol–water partition coefficient (Wildman–Crippen LogP) is 3.45. The Morgan fingerprint density at radius 2 is 2.07 bits per heavy atom. The summed E-state index contributed by atoms with van der Waals surface area (Å²) in [5.41, 5.74) is -0.247. The number of halogens is 1. The molecule has 2 rings (SSSR count). The van der Waals surface area contributed by atoms with Crippen LogP contribution >= 0.6 is 22.9 Å². The van der Waals surface area contributed by atoms with E-state index >= 15 is 0 Å². The summed E-state index contributed by atoms with van der Waals surface area (Å²) in [6.45, 7) is 4.42. The molecule has 0 saturated heterocycles. The molecule has 158 valence electrons. The monoisotopic (exact) mass is 460 g/mol. The zero-order valence-corrected chi connectivity index (χ0v) is 18.3. The van der Waals surface area contributed by atoms with Gasteiger partial charge in [-0.15, -0.1) is 11.3 Å². The smallest absolute Gasteiger partial charge is 0.289 e. The van der Waals surface area contributed by atoms with Crippen LogP contribution in [0.4, 0.5) is 5.69 Å². The van der Waals surface area contributed by atoms with Crippen molar-refractivity contribution in [3.63, 3.8) is 0 Å². The maximum Gasteiger partial charge on any atom is 0.289 e. The summed E-state index contributed by atoms with van der Waals surface area (Å²) in [6.07, 6.45) is 1.32. The summed E-state index contributed by atoms with van der Waals surface area (Å²) in [4.78, 5) is 26.4. The Morgan fingerprint density at radius 1 is 1.34 bits per heavy atom. The van der Waals surface area contributed by atoms with Crippen LogP contribution in [0.1, 0.15) is 42.2 Å². The molecule has 0 atom stereocenters. The number of nitro groups is 1. The van der Waals surface area contributed by atoms with E-state index in [0.29, 0.717) is 18.0 Å². The first-order valence-corrected chi connectivity index (χ1v) is 11.6. The van der Waals surface area contributed by atoms with Crippen LogP contribution in [0.3, 0.4) is 0 Å². The molecule has 0 radical (unpaired) electrons. The zero-order valence-electron chi connectivity index (χ0n) is 15.9. The van der Waals surface area contributed by atoms with Gasteiger partial charge in [-0.05, 0) is 25.0 Å². The van der Waals surface area contributed by atoms with Crippen LogP contribution in [-0.4, -0.2) is 41.6 Å². The maximum atomic E-state index is 13.1. The highest BCUT2D eigenvalue weighted by atomic mass is 35.5. The van der Waals surface area contributed by atoms with E-state index in [0.717, 1.165) is 12.5 Å². The van der Waals surface area contributed by atoms with Gasteiger partial charge in [0.25, 0.3) is 11.6 Å². The van der Waals surface area contributed by atoms with E-state index in [9.17, 15) is 23.3 Å². The van der Waals surface area contributed by atoms with Crippen molar-refractivity contribution in [2.75, 3.05) is 13.1 Å². The lowest BCUT2D eigenvalue weighted by atomic mass is 10.3. The van der Waals surface area contributed by atoms with Crippen molar-refractivity contribution in [1.29, 1.82) is 0 Å². The quantitative estimate of drug-likeness (QED) is 0.428. The highest BCUT2D eigenvalue weighted by molar-refractivity contribution is 7.89. The number of sulfonamides is 1. The van der Waals surface area contributed by atoms with Gasteiger partial charge in [0.05, 0.1) is 16.4 Å². The van der Waals surface area contributed by atoms with Crippen LogP contribution in [0.15, 0.2) is 28.5 Å². The fraction of sp³-hybridized carbons (Fsp3) is 0.412. The molecule has 0 bridgehead atoms. The van der Waals surface area contributed by atoms with E-state index < -0.39 is 20.6 Å². The number of hydrogen-bond acceptors (Lipinski definition) is 7. The predicted molar refractivity (Wildman–Crippen MR) is 111 cm³/mol. The molecule has 12 heteroatoms. The largest absolute Gasteiger partial charge is 0.351 e. The lowest BCUT2D eigenvalue weighted by Gasteiger charge is -2.20. The van der Waals surface area contributed by atoms with Gasteiger partial charge in [0.1, 0.15) is 15.7 Å². The lowest BCUT2D eigenvalue weighted by Crippen LogP contribution is -2.31. The summed E-state index contributed by atoms with van der Waals surface area (Å²) < 4.78 is 27.3. The van der Waals surface area contributed by atoms with Crippen LogP contribution in [0, 0.1) is 10.1 Å². The van der Waals surface area contributed by atoms with E-state index in [2.05, 4.69) is 10.3 Å². The van der Waals surface area contributed by atoms with Gasteiger partial charge < -0.3 is 5.32 Å². The van der Waals surface area contributed by atoms with Gasteiger partial charge in [0.2, 0.25) is 10.0 Å². The van der Waals surface area contributed by atoms with Gasteiger partial charge in [0.15, 0.2) is 0 Å². The van der Waals surface area contributed by atoms with E-state index in [-0.39, 0.29) is 34.6 Å². The number of nitrogens with one attached hydrogen (secondary N) is 1. The Hall–Kier alpha value is -2.08. The fourth-order valence-corrected chi connectivity index (χ4v) is 5.01. The number of benzene rings is 1. The number of thiazole rings is 1. The van der Waals surface area contributed by atoms with E-state index in [1.807, 2.05) is 13.8 Å². The first-order chi connectivity index (χ1) is 13.7. The highest BCUT2D eigenvalue weighted by Gasteiger charge is 2.28. The molecule has 0 spiro atoms. The number of carbonyl (C=O) groups is 1. The molecule has 1 heterocycles. The number of nitro benzene ring substituents is 1. The van der Waals surface area contributed by atoms with Crippen molar-refractivity contribution >= 4 is 44.6 Å². The summed E-state index contributed by atoms with van der Waals surface area (Å²) in [6, 6.07) is 3.38. The molecule has 0 aliphatic rings. The number of rotatable bonds is 10. The molecule has 2 aromatic rings. The van der Waals surface area contributed by atoms with Crippen molar-refractivity contribution in [3.05, 3.63) is 49.4 Å². The molecule has 0 saturated carbocycles. The molecule has 9 nitrogen and oxygen atoms in total. The molecule has 1 aromatic heterocycles. The Balaban J connectivity index is 2.29. The number of hydrogen-bond donors (Lipinski definition) is 1. The minimum atomic E-state index is -4.02. The van der Waals surface area contributed by atoms with Gasteiger partial charge in [-0.25, -0.2) is 13.4 Å². The number of nitrogens with zero attached hydrogens (tertiary/aromatic N) is 3. The molecule has 29 heavy (non-hydrogen) atoms. The molecule has 0 aliphatic heterocycles. The van der Waals surface area contributed by atoms with Crippen molar-refractivity contribution in [2.45, 2.75) is 38.1 Å². The summed E-state index contributed by atoms with van der Waals surface area (Å²) >= 11 is 6.96. The number of aromatic nitrogens is 1. The van der Waals surface area contributed by atoms with E-state index in [1.54, 1.807) is 5.38 Å². The van der Waals surface area contributed by atoms with E-state index in [4.69, 9.17) is 11.6 Å². The third kappa shape index (κ3) is 5.72. The molecule has 0 fully saturated rings. The summed E-state index contributed by atoms with van der Waals surface area (Å²) in [7, 11) is -4.02. The van der Waals surface area contributed by atoms with Gasteiger partial charge in [-0.2, -0.15) is 4.31 Å². The molecular formula is C17H21ClN4O5S2. The molecule has 1 aromatic carbocycles. The van der Waals surface area contributed by atoms with Crippen LogP contribution < -0.4 is 5.32 Å². The Labute approximate surface area is 177 Å². The number of amides is 1. The molecule has 1 amide bonds. The van der Waals surface area contributed by atoms with Crippen LogP contribution in [-0.2, 0) is 16.6 Å². The molecule has 0 unspecified atom stereocenters. The Morgan fingerprint density at radius 3 is 2.69 bits per heavy atom. The van der Waals surface area contributed by atoms with Crippen molar-refractivity contribution < 1.29 is 18.1 Å². The van der Waals surface area contributed by atoms with Gasteiger partial charge in [-0.3, -0.25) is 14.9 Å².